The Morgan fingerprint density at radius 2 is 1.59 bits per heavy atom. The Hall–Kier alpha value is -1.82. The lowest BCUT2D eigenvalue weighted by molar-refractivity contribution is 0.204. The lowest BCUT2D eigenvalue weighted by Gasteiger charge is -2.19. The molecule has 0 fully saturated rings. The van der Waals surface area contributed by atoms with Gasteiger partial charge in [-0.05, 0) is 31.9 Å². The largest absolute Gasteiger partial charge is 0.432 e. The third-order valence-electron chi connectivity index (χ3n) is 4.32. The van der Waals surface area contributed by atoms with Crippen molar-refractivity contribution < 1.29 is 13.6 Å². The average molecular weight is 395 g/mol. The third kappa shape index (κ3) is 5.34. The monoisotopic (exact) mass is 395 g/mol. The minimum absolute atomic E-state index is 0.234. The quantitative estimate of drug-likeness (QED) is 0.443. The second-order valence-corrected chi connectivity index (χ2v) is 8.15. The minimum atomic E-state index is -3.63. The van der Waals surface area contributed by atoms with Gasteiger partial charge in [0.2, 0.25) is 0 Å². The van der Waals surface area contributed by atoms with Crippen LogP contribution in [0.25, 0.3) is 5.69 Å². The molecule has 0 aliphatic rings. The summed E-state index contributed by atoms with van der Waals surface area (Å²) < 4.78 is 27.5. The van der Waals surface area contributed by atoms with Gasteiger partial charge in [0, 0.05) is 7.05 Å². The summed E-state index contributed by atoms with van der Waals surface area (Å²) >= 11 is 0. The third-order valence-corrected chi connectivity index (χ3v) is 5.86. The molecule has 1 heterocycles. The van der Waals surface area contributed by atoms with Crippen LogP contribution in [0, 0.1) is 6.92 Å². The molecule has 0 amide bonds. The van der Waals surface area contributed by atoms with Gasteiger partial charge in [-0.3, -0.25) is 23.6 Å². The molecule has 1 aromatic carbocycles. The van der Waals surface area contributed by atoms with E-state index in [4.69, 9.17) is 9.05 Å². The topological polar surface area (TPSA) is 74.5 Å². The second-order valence-electron chi connectivity index (χ2n) is 6.42. The summed E-state index contributed by atoms with van der Waals surface area (Å²) in [6, 6.07) is 9.31. The fraction of sp³-hybridized carbons (Fsp3) is 0.526. The Labute approximate surface area is 160 Å². The maximum Gasteiger partial charge on any atom is 0.432 e. The number of nitrogens with zero attached hydrogens (tertiary/aromatic N) is 2. The predicted molar refractivity (Wildman–Crippen MR) is 109 cm³/mol. The molecule has 0 unspecified atom stereocenters. The number of unbranched alkanes of at least 4 members (excludes halogenated alkanes) is 2. The lowest BCUT2D eigenvalue weighted by atomic mass is 10.3. The molecular weight excluding hydrogens is 365 g/mol. The summed E-state index contributed by atoms with van der Waals surface area (Å²) in [5.41, 5.74) is 1.33. The van der Waals surface area contributed by atoms with E-state index in [1.807, 2.05) is 44.2 Å². The predicted octanol–water partition coefficient (Wildman–Crippen LogP) is 4.64. The molecule has 0 atom stereocenters. The van der Waals surface area contributed by atoms with Crippen molar-refractivity contribution in [2.75, 3.05) is 18.3 Å². The van der Waals surface area contributed by atoms with Crippen molar-refractivity contribution in [3.05, 3.63) is 46.4 Å². The van der Waals surface area contributed by atoms with Gasteiger partial charge in [-0.2, -0.15) is 0 Å². The Balaban J connectivity index is 2.34. The van der Waals surface area contributed by atoms with E-state index in [-0.39, 0.29) is 11.2 Å². The number of nitrogens with one attached hydrogen (secondary N) is 1. The van der Waals surface area contributed by atoms with Gasteiger partial charge in [0.25, 0.3) is 5.56 Å². The van der Waals surface area contributed by atoms with Crippen LogP contribution in [0.1, 0.15) is 45.2 Å². The van der Waals surface area contributed by atoms with E-state index in [1.54, 1.807) is 18.7 Å². The van der Waals surface area contributed by atoms with E-state index in [9.17, 15) is 9.36 Å². The van der Waals surface area contributed by atoms with E-state index in [2.05, 4.69) is 5.09 Å². The smallest absolute Gasteiger partial charge is 0.292 e. The molecule has 0 aliphatic heterocycles. The van der Waals surface area contributed by atoms with Crippen LogP contribution in [0.3, 0.4) is 0 Å². The van der Waals surface area contributed by atoms with Gasteiger partial charge in [0.1, 0.15) is 5.69 Å². The van der Waals surface area contributed by atoms with Crippen LogP contribution in [0.15, 0.2) is 35.1 Å². The van der Waals surface area contributed by atoms with Crippen molar-refractivity contribution in [1.29, 1.82) is 0 Å². The van der Waals surface area contributed by atoms with Crippen LogP contribution in [-0.4, -0.2) is 22.6 Å². The molecule has 0 bridgehead atoms. The summed E-state index contributed by atoms with van der Waals surface area (Å²) in [6.07, 6.45) is 3.37. The fourth-order valence-electron chi connectivity index (χ4n) is 2.59. The molecule has 150 valence electrons. The van der Waals surface area contributed by atoms with E-state index in [0.29, 0.717) is 18.9 Å². The molecule has 0 aliphatic carbocycles. The normalized spacial score (nSPS) is 11.7. The molecule has 2 aromatic rings. The molecule has 1 aromatic heterocycles. The summed E-state index contributed by atoms with van der Waals surface area (Å²) in [6.45, 7) is 6.47. The highest BCUT2D eigenvalue weighted by molar-refractivity contribution is 7.55. The molecule has 27 heavy (non-hydrogen) atoms. The molecule has 2 rings (SSSR count). The van der Waals surface area contributed by atoms with E-state index in [0.717, 1.165) is 31.4 Å². The zero-order valence-corrected chi connectivity index (χ0v) is 17.5. The maximum absolute atomic E-state index is 13.2. The van der Waals surface area contributed by atoms with Gasteiger partial charge in [0.05, 0.1) is 24.6 Å². The van der Waals surface area contributed by atoms with Crippen molar-refractivity contribution in [2.24, 2.45) is 7.05 Å². The van der Waals surface area contributed by atoms with Gasteiger partial charge < -0.3 is 0 Å². The first kappa shape index (κ1) is 21.5. The van der Waals surface area contributed by atoms with E-state index < -0.39 is 7.75 Å². The number of anilines is 1. The molecule has 1 N–H and O–H groups in total. The van der Waals surface area contributed by atoms with Gasteiger partial charge in [-0.1, -0.05) is 44.9 Å². The van der Waals surface area contributed by atoms with Gasteiger partial charge >= 0.3 is 7.75 Å². The second kappa shape index (κ2) is 9.93. The van der Waals surface area contributed by atoms with Crippen LogP contribution in [0.5, 0.6) is 0 Å². The molecular formula is C19H30N3O4P. The van der Waals surface area contributed by atoms with E-state index >= 15 is 0 Å². The van der Waals surface area contributed by atoms with Crippen LogP contribution in [0.2, 0.25) is 0 Å². The summed E-state index contributed by atoms with van der Waals surface area (Å²) in [5, 5.41) is 2.80. The zero-order chi connectivity index (χ0) is 19.9. The van der Waals surface area contributed by atoms with Crippen LogP contribution >= 0.6 is 7.75 Å². The van der Waals surface area contributed by atoms with Gasteiger partial charge in [-0.25, -0.2) is 9.25 Å². The number of benzene rings is 1. The number of hydrogen-bond acceptors (Lipinski definition) is 4. The number of para-hydroxylation sites is 1. The van der Waals surface area contributed by atoms with Gasteiger partial charge in [-0.15, -0.1) is 0 Å². The Morgan fingerprint density at radius 1 is 1.04 bits per heavy atom. The Kier molecular flexibility index (Phi) is 7.90. The number of rotatable bonds is 11. The first-order valence-corrected chi connectivity index (χ1v) is 11.0. The average Bonchev–Trinajstić information content (AvgIpc) is 2.86. The van der Waals surface area contributed by atoms with Crippen molar-refractivity contribution in [3.8, 4) is 5.69 Å². The molecule has 0 saturated carbocycles. The van der Waals surface area contributed by atoms with Crippen LogP contribution < -0.4 is 10.6 Å². The Bertz CT molecular complexity index is 815. The zero-order valence-electron chi connectivity index (χ0n) is 16.6. The number of hydrogen-bond donors (Lipinski definition) is 1. The van der Waals surface area contributed by atoms with Crippen LogP contribution in [0.4, 0.5) is 5.69 Å². The standard InChI is InChI=1S/C19H30N3O4P/c1-5-7-14-25-27(24,26-15-8-6-2)20-18-16(3)21(4)22(19(18)23)17-12-10-9-11-13-17/h9-13H,5-8,14-15H2,1-4H3,(H,20,24). The Morgan fingerprint density at radius 3 is 2.11 bits per heavy atom. The molecule has 0 spiro atoms. The first-order valence-electron chi connectivity index (χ1n) is 9.45. The SMILES string of the molecule is CCCCOP(=O)(Nc1c(C)n(C)n(-c2ccccc2)c1=O)OCCCC. The van der Waals surface area contributed by atoms with Crippen LogP contribution in [-0.2, 0) is 20.7 Å². The molecule has 8 heteroatoms. The number of aromatic nitrogens is 2. The summed E-state index contributed by atoms with van der Waals surface area (Å²) in [5.74, 6) is 0. The van der Waals surface area contributed by atoms with Crippen molar-refractivity contribution in [1.82, 2.24) is 9.36 Å². The lowest BCUT2D eigenvalue weighted by Crippen LogP contribution is -2.21. The van der Waals surface area contributed by atoms with Crippen molar-refractivity contribution >= 4 is 13.4 Å². The van der Waals surface area contributed by atoms with Crippen molar-refractivity contribution in [2.45, 2.75) is 46.5 Å². The first-order chi connectivity index (χ1) is 12.9. The highest BCUT2D eigenvalue weighted by Gasteiger charge is 2.29. The fourth-order valence-corrected chi connectivity index (χ4v) is 4.07. The summed E-state index contributed by atoms with van der Waals surface area (Å²) in [7, 11) is -1.84. The molecule has 7 nitrogen and oxygen atoms in total. The maximum atomic E-state index is 13.2. The molecule has 0 radical (unpaired) electrons. The van der Waals surface area contributed by atoms with Crippen molar-refractivity contribution in [3.63, 3.8) is 0 Å². The van der Waals surface area contributed by atoms with Gasteiger partial charge in [0.15, 0.2) is 0 Å². The molecule has 0 saturated heterocycles. The highest BCUT2D eigenvalue weighted by atomic mass is 31.2. The highest BCUT2D eigenvalue weighted by Crippen LogP contribution is 2.48. The minimum Gasteiger partial charge on any atom is -0.292 e. The summed E-state index contributed by atoms with van der Waals surface area (Å²) in [4.78, 5) is 13.0. The van der Waals surface area contributed by atoms with E-state index in [1.165, 1.54) is 4.68 Å².